The first-order valence-corrected chi connectivity index (χ1v) is 5.11. The third-order valence-electron chi connectivity index (χ3n) is 2.43. The van der Waals surface area contributed by atoms with Crippen molar-refractivity contribution < 1.29 is 4.74 Å². The van der Waals surface area contributed by atoms with Crippen LogP contribution in [0.15, 0.2) is 42.6 Å². The van der Waals surface area contributed by atoms with Gasteiger partial charge in [-0.15, -0.1) is 0 Å². The van der Waals surface area contributed by atoms with Crippen molar-refractivity contribution >= 4 is 5.69 Å². The Labute approximate surface area is 95.1 Å². The quantitative estimate of drug-likeness (QED) is 0.853. The Hall–Kier alpha value is -2.03. The minimum absolute atomic E-state index is 0.633. The number of ether oxygens (including phenoxy) is 1. The molecule has 3 heteroatoms. The van der Waals surface area contributed by atoms with Crippen LogP contribution in [-0.2, 0) is 0 Å². The Bertz CT molecular complexity index is 466. The minimum atomic E-state index is 0.633. The van der Waals surface area contributed by atoms with Crippen molar-refractivity contribution in [3.8, 4) is 17.0 Å². The highest BCUT2D eigenvalue weighted by Crippen LogP contribution is 2.22. The molecule has 0 amide bonds. The zero-order valence-electron chi connectivity index (χ0n) is 9.40. The van der Waals surface area contributed by atoms with Gasteiger partial charge in [-0.2, -0.15) is 0 Å². The van der Waals surface area contributed by atoms with Crippen molar-refractivity contribution in [3.63, 3.8) is 0 Å². The smallest absolute Gasteiger partial charge is 0.212 e. The summed E-state index contributed by atoms with van der Waals surface area (Å²) in [6, 6.07) is 12.1. The monoisotopic (exact) mass is 214 g/mol. The molecule has 1 heterocycles. The lowest BCUT2D eigenvalue weighted by atomic mass is 10.1. The van der Waals surface area contributed by atoms with Gasteiger partial charge in [0.2, 0.25) is 5.88 Å². The lowest BCUT2D eigenvalue weighted by Crippen LogP contribution is -1.89. The Morgan fingerprint density at radius 1 is 1.12 bits per heavy atom. The molecule has 0 saturated heterocycles. The molecule has 0 bridgehead atoms. The van der Waals surface area contributed by atoms with Crippen LogP contribution in [0.4, 0.5) is 5.69 Å². The van der Waals surface area contributed by atoms with Crippen LogP contribution in [0.5, 0.6) is 5.88 Å². The van der Waals surface area contributed by atoms with Gasteiger partial charge in [-0.25, -0.2) is 4.98 Å². The molecule has 0 atom stereocenters. The van der Waals surface area contributed by atoms with Crippen LogP contribution in [0.25, 0.3) is 11.1 Å². The molecule has 16 heavy (non-hydrogen) atoms. The van der Waals surface area contributed by atoms with E-state index in [4.69, 9.17) is 4.74 Å². The molecule has 1 aromatic carbocycles. The average Bonchev–Trinajstić information content (AvgIpc) is 2.39. The van der Waals surface area contributed by atoms with Gasteiger partial charge >= 0.3 is 0 Å². The summed E-state index contributed by atoms with van der Waals surface area (Å²) in [5.74, 6) is 0.633. The summed E-state index contributed by atoms with van der Waals surface area (Å²) in [6.45, 7) is 0. The van der Waals surface area contributed by atoms with E-state index in [1.165, 1.54) is 0 Å². The normalized spacial score (nSPS) is 9.88. The fraction of sp³-hybridized carbons (Fsp3) is 0.154. The molecule has 0 aliphatic heterocycles. The third kappa shape index (κ3) is 2.14. The van der Waals surface area contributed by atoms with E-state index in [0.717, 1.165) is 16.8 Å². The first-order chi connectivity index (χ1) is 7.83. The molecule has 1 aromatic heterocycles. The van der Waals surface area contributed by atoms with E-state index >= 15 is 0 Å². The number of hydrogen-bond donors (Lipinski definition) is 1. The molecular weight excluding hydrogens is 200 g/mol. The zero-order chi connectivity index (χ0) is 11.4. The van der Waals surface area contributed by atoms with Gasteiger partial charge in [0.25, 0.3) is 0 Å². The number of pyridine rings is 1. The van der Waals surface area contributed by atoms with Crippen LogP contribution in [-0.4, -0.2) is 19.1 Å². The summed E-state index contributed by atoms with van der Waals surface area (Å²) in [4.78, 5) is 4.19. The molecule has 0 radical (unpaired) electrons. The number of aromatic nitrogens is 1. The SMILES string of the molecule is CNc1cccc(-c2ccc(OC)nc2)c1. The summed E-state index contributed by atoms with van der Waals surface area (Å²) in [6.07, 6.45) is 1.81. The van der Waals surface area contributed by atoms with Crippen molar-refractivity contribution in [2.24, 2.45) is 0 Å². The zero-order valence-corrected chi connectivity index (χ0v) is 9.40. The summed E-state index contributed by atoms with van der Waals surface area (Å²) in [5, 5.41) is 3.11. The second-order valence-electron chi connectivity index (χ2n) is 3.42. The minimum Gasteiger partial charge on any atom is -0.481 e. The molecule has 2 aromatic rings. The average molecular weight is 214 g/mol. The van der Waals surface area contributed by atoms with Gasteiger partial charge in [-0.3, -0.25) is 0 Å². The Morgan fingerprint density at radius 3 is 2.62 bits per heavy atom. The summed E-state index contributed by atoms with van der Waals surface area (Å²) in [7, 11) is 3.52. The van der Waals surface area contributed by atoms with Gasteiger partial charge in [-0.1, -0.05) is 12.1 Å². The maximum Gasteiger partial charge on any atom is 0.212 e. The molecular formula is C13H14N2O. The standard InChI is InChI=1S/C13H14N2O/c1-14-12-5-3-4-10(8-12)11-6-7-13(16-2)15-9-11/h3-9,14H,1-2H3. The summed E-state index contributed by atoms with van der Waals surface area (Å²) >= 11 is 0. The van der Waals surface area contributed by atoms with Gasteiger partial charge in [0.15, 0.2) is 0 Å². The van der Waals surface area contributed by atoms with E-state index in [-0.39, 0.29) is 0 Å². The highest BCUT2D eigenvalue weighted by Gasteiger charge is 1.99. The topological polar surface area (TPSA) is 34.1 Å². The Kier molecular flexibility index (Phi) is 3.05. The van der Waals surface area contributed by atoms with E-state index in [1.54, 1.807) is 7.11 Å². The Balaban J connectivity index is 2.34. The number of nitrogens with zero attached hydrogens (tertiary/aromatic N) is 1. The van der Waals surface area contributed by atoms with Crippen LogP contribution < -0.4 is 10.1 Å². The van der Waals surface area contributed by atoms with E-state index in [9.17, 15) is 0 Å². The highest BCUT2D eigenvalue weighted by molar-refractivity contribution is 5.67. The van der Waals surface area contributed by atoms with E-state index in [2.05, 4.69) is 22.4 Å². The van der Waals surface area contributed by atoms with Gasteiger partial charge in [-0.05, 0) is 23.8 Å². The molecule has 3 nitrogen and oxygen atoms in total. The predicted molar refractivity (Wildman–Crippen MR) is 65.8 cm³/mol. The number of methoxy groups -OCH3 is 1. The molecule has 0 spiro atoms. The van der Waals surface area contributed by atoms with Crippen molar-refractivity contribution in [2.45, 2.75) is 0 Å². The predicted octanol–water partition coefficient (Wildman–Crippen LogP) is 2.80. The van der Waals surface area contributed by atoms with Crippen LogP contribution >= 0.6 is 0 Å². The third-order valence-corrected chi connectivity index (χ3v) is 2.43. The number of benzene rings is 1. The summed E-state index contributed by atoms with van der Waals surface area (Å²) in [5.41, 5.74) is 3.31. The van der Waals surface area contributed by atoms with Crippen molar-refractivity contribution in [1.29, 1.82) is 0 Å². The molecule has 1 N–H and O–H groups in total. The highest BCUT2D eigenvalue weighted by atomic mass is 16.5. The molecule has 82 valence electrons. The Morgan fingerprint density at radius 2 is 2.00 bits per heavy atom. The molecule has 0 unspecified atom stereocenters. The molecule has 0 aliphatic rings. The number of anilines is 1. The largest absolute Gasteiger partial charge is 0.481 e. The number of rotatable bonds is 3. The fourth-order valence-electron chi connectivity index (χ4n) is 1.53. The first-order valence-electron chi connectivity index (χ1n) is 5.11. The second-order valence-corrected chi connectivity index (χ2v) is 3.42. The number of hydrogen-bond acceptors (Lipinski definition) is 3. The van der Waals surface area contributed by atoms with Crippen LogP contribution in [0.1, 0.15) is 0 Å². The van der Waals surface area contributed by atoms with E-state index in [0.29, 0.717) is 5.88 Å². The van der Waals surface area contributed by atoms with Crippen molar-refractivity contribution in [2.75, 3.05) is 19.5 Å². The van der Waals surface area contributed by atoms with Gasteiger partial charge in [0, 0.05) is 30.6 Å². The maximum atomic E-state index is 5.03. The molecule has 0 aliphatic carbocycles. The van der Waals surface area contributed by atoms with Gasteiger partial charge < -0.3 is 10.1 Å². The lowest BCUT2D eigenvalue weighted by molar-refractivity contribution is 0.398. The number of nitrogens with one attached hydrogen (secondary N) is 1. The lowest BCUT2D eigenvalue weighted by Gasteiger charge is -2.05. The van der Waals surface area contributed by atoms with Crippen molar-refractivity contribution in [3.05, 3.63) is 42.6 Å². The van der Waals surface area contributed by atoms with Gasteiger partial charge in [0.1, 0.15) is 0 Å². The van der Waals surface area contributed by atoms with Gasteiger partial charge in [0.05, 0.1) is 7.11 Å². The maximum absolute atomic E-state index is 5.03. The van der Waals surface area contributed by atoms with E-state index < -0.39 is 0 Å². The molecule has 0 fully saturated rings. The van der Waals surface area contributed by atoms with Crippen molar-refractivity contribution in [1.82, 2.24) is 4.98 Å². The van der Waals surface area contributed by atoms with Crippen LogP contribution in [0.2, 0.25) is 0 Å². The fourth-order valence-corrected chi connectivity index (χ4v) is 1.53. The molecule has 2 rings (SSSR count). The second kappa shape index (κ2) is 4.66. The first kappa shape index (κ1) is 10.5. The van der Waals surface area contributed by atoms with E-state index in [1.807, 2.05) is 37.5 Å². The van der Waals surface area contributed by atoms with Crippen LogP contribution in [0.3, 0.4) is 0 Å². The molecule has 0 saturated carbocycles. The van der Waals surface area contributed by atoms with Crippen LogP contribution in [0, 0.1) is 0 Å². The summed E-state index contributed by atoms with van der Waals surface area (Å²) < 4.78 is 5.03.